The number of aryl methyl sites for hydroxylation is 1. The van der Waals surface area contributed by atoms with E-state index >= 15 is 0 Å². The van der Waals surface area contributed by atoms with E-state index in [9.17, 15) is 0 Å². The van der Waals surface area contributed by atoms with Crippen LogP contribution in [0.4, 0.5) is 0 Å². The molecule has 0 bridgehead atoms. The van der Waals surface area contributed by atoms with Crippen molar-refractivity contribution in [3.05, 3.63) is 35.9 Å². The van der Waals surface area contributed by atoms with Crippen molar-refractivity contribution >= 4 is 0 Å². The van der Waals surface area contributed by atoms with Crippen molar-refractivity contribution in [1.82, 2.24) is 0 Å². The Labute approximate surface area is 103 Å². The first-order chi connectivity index (χ1) is 8.08. The lowest BCUT2D eigenvalue weighted by molar-refractivity contribution is -0.369. The highest BCUT2D eigenvalue weighted by atomic mass is 16.8. The Morgan fingerprint density at radius 1 is 1.06 bits per heavy atom. The zero-order valence-electron chi connectivity index (χ0n) is 10.7. The second-order valence-electron chi connectivity index (χ2n) is 3.39. The molecule has 2 N–H and O–H groups in total. The summed E-state index contributed by atoms with van der Waals surface area (Å²) in [6.45, 7) is 5.56. The minimum Gasteiger partial charge on any atom is -0.388 e. The second-order valence-corrected chi connectivity index (χ2v) is 3.39. The fourth-order valence-corrected chi connectivity index (χ4v) is 1.12. The lowest BCUT2D eigenvalue weighted by atomic mass is 10.2. The van der Waals surface area contributed by atoms with Crippen molar-refractivity contribution in [2.75, 3.05) is 19.8 Å². The molecule has 0 radical (unpaired) electrons. The van der Waals surface area contributed by atoms with Gasteiger partial charge in [0.05, 0.1) is 0 Å². The molecule has 1 rings (SSSR count). The van der Waals surface area contributed by atoms with E-state index in [2.05, 4.69) is 19.1 Å². The van der Waals surface area contributed by atoms with Gasteiger partial charge in [-0.2, -0.15) is 0 Å². The van der Waals surface area contributed by atoms with E-state index in [1.54, 1.807) is 13.8 Å². The number of hydrogen-bond donors (Lipinski definition) is 2. The van der Waals surface area contributed by atoms with E-state index in [-0.39, 0.29) is 0 Å². The summed E-state index contributed by atoms with van der Waals surface area (Å²) in [4.78, 5) is 0. The van der Waals surface area contributed by atoms with Gasteiger partial charge >= 0.3 is 5.97 Å². The Hall–Kier alpha value is -0.940. The van der Waals surface area contributed by atoms with Gasteiger partial charge in [-0.3, -0.25) is 0 Å². The molecule has 17 heavy (non-hydrogen) atoms. The summed E-state index contributed by atoms with van der Waals surface area (Å²) in [7, 11) is 0. The predicted octanol–water partition coefficient (Wildman–Crippen LogP) is 1.69. The topological polar surface area (TPSA) is 58.9 Å². The van der Waals surface area contributed by atoms with Crippen LogP contribution in [0.25, 0.3) is 0 Å². The largest absolute Gasteiger partial charge is 0.388 e. The molecule has 0 saturated carbocycles. The molecule has 0 aliphatic carbocycles. The summed E-state index contributed by atoms with van der Waals surface area (Å²) in [5, 5.41) is 17.7. The maximum atomic E-state index is 9.13. The van der Waals surface area contributed by atoms with Gasteiger partial charge < -0.3 is 19.7 Å². The van der Waals surface area contributed by atoms with Gasteiger partial charge in [-0.05, 0) is 20.8 Å². The molecular weight excluding hydrogens is 220 g/mol. The third-order valence-corrected chi connectivity index (χ3v) is 1.88. The van der Waals surface area contributed by atoms with Gasteiger partial charge in [0.1, 0.15) is 6.61 Å². The Kier molecular flexibility index (Phi) is 8.62. The molecule has 4 nitrogen and oxygen atoms in total. The van der Waals surface area contributed by atoms with E-state index < -0.39 is 12.6 Å². The Bertz CT molecular complexity index is 268. The van der Waals surface area contributed by atoms with Crippen LogP contribution in [0, 0.1) is 6.92 Å². The number of ether oxygens (including phenoxy) is 2. The minimum absolute atomic E-state index is 0.303. The van der Waals surface area contributed by atoms with Crippen LogP contribution in [0.5, 0.6) is 0 Å². The van der Waals surface area contributed by atoms with Gasteiger partial charge in [0.25, 0.3) is 0 Å². The summed E-state index contributed by atoms with van der Waals surface area (Å²) in [5.74, 6) is -1.80. The lowest BCUT2D eigenvalue weighted by Gasteiger charge is -2.24. The lowest BCUT2D eigenvalue weighted by Crippen LogP contribution is -2.39. The fourth-order valence-electron chi connectivity index (χ4n) is 1.12. The van der Waals surface area contributed by atoms with E-state index in [1.807, 2.05) is 18.2 Å². The molecular formula is C13H22O4. The molecule has 0 fully saturated rings. The first-order valence-electron chi connectivity index (χ1n) is 5.70. The molecule has 0 heterocycles. The summed E-state index contributed by atoms with van der Waals surface area (Å²) >= 11 is 0. The van der Waals surface area contributed by atoms with Crippen LogP contribution in [-0.2, 0) is 9.47 Å². The fraction of sp³-hybridized carbons (Fsp3) is 0.538. The van der Waals surface area contributed by atoms with Crippen LogP contribution in [-0.4, -0.2) is 36.0 Å². The minimum atomic E-state index is -1.80. The highest BCUT2D eigenvalue weighted by Gasteiger charge is 2.26. The van der Waals surface area contributed by atoms with Crippen LogP contribution < -0.4 is 0 Å². The normalized spacial score (nSPS) is 10.6. The molecule has 0 saturated heterocycles. The van der Waals surface area contributed by atoms with Gasteiger partial charge in [-0.15, -0.1) is 0 Å². The van der Waals surface area contributed by atoms with Crippen molar-refractivity contribution in [3.8, 4) is 0 Å². The predicted molar refractivity (Wildman–Crippen MR) is 66.5 cm³/mol. The van der Waals surface area contributed by atoms with Crippen molar-refractivity contribution in [2.45, 2.75) is 26.7 Å². The van der Waals surface area contributed by atoms with Gasteiger partial charge in [-0.25, -0.2) is 0 Å². The maximum Gasteiger partial charge on any atom is 0.305 e. The van der Waals surface area contributed by atoms with Crippen LogP contribution >= 0.6 is 0 Å². The third-order valence-electron chi connectivity index (χ3n) is 1.88. The Balaban J connectivity index is 0.000000318. The Morgan fingerprint density at radius 3 is 1.76 bits per heavy atom. The molecule has 0 atom stereocenters. The highest BCUT2D eigenvalue weighted by molar-refractivity contribution is 5.11. The van der Waals surface area contributed by atoms with Crippen molar-refractivity contribution in [3.63, 3.8) is 0 Å². The van der Waals surface area contributed by atoms with Crippen molar-refractivity contribution < 1.29 is 19.7 Å². The van der Waals surface area contributed by atoms with E-state index in [0.29, 0.717) is 13.2 Å². The number of hydrogen-bond acceptors (Lipinski definition) is 4. The average Bonchev–Trinajstić information content (AvgIpc) is 2.31. The van der Waals surface area contributed by atoms with Crippen LogP contribution in [0.3, 0.4) is 0 Å². The third kappa shape index (κ3) is 7.88. The zero-order valence-corrected chi connectivity index (χ0v) is 10.7. The first kappa shape index (κ1) is 16.1. The summed E-state index contributed by atoms with van der Waals surface area (Å²) in [6, 6.07) is 10.3. The van der Waals surface area contributed by atoms with E-state index in [0.717, 1.165) is 0 Å². The monoisotopic (exact) mass is 242 g/mol. The molecule has 98 valence electrons. The molecule has 0 aliphatic rings. The van der Waals surface area contributed by atoms with Crippen molar-refractivity contribution in [1.29, 1.82) is 0 Å². The molecule has 1 aromatic carbocycles. The molecule has 0 aromatic heterocycles. The number of aliphatic hydroxyl groups is 2. The summed E-state index contributed by atoms with van der Waals surface area (Å²) in [6.07, 6.45) is 0. The second kappa shape index (κ2) is 9.13. The SMILES string of the molecule is CCOC(O)(CO)OCC.Cc1ccccc1. The summed E-state index contributed by atoms with van der Waals surface area (Å²) in [5.41, 5.74) is 1.32. The van der Waals surface area contributed by atoms with Crippen LogP contribution in [0.2, 0.25) is 0 Å². The number of aliphatic hydroxyl groups excluding tert-OH is 1. The van der Waals surface area contributed by atoms with Crippen LogP contribution in [0.15, 0.2) is 30.3 Å². The average molecular weight is 242 g/mol. The Morgan fingerprint density at radius 2 is 1.53 bits per heavy atom. The summed E-state index contributed by atoms with van der Waals surface area (Å²) < 4.78 is 9.40. The molecule has 0 spiro atoms. The molecule has 4 heteroatoms. The number of benzene rings is 1. The first-order valence-corrected chi connectivity index (χ1v) is 5.70. The van der Waals surface area contributed by atoms with E-state index in [4.69, 9.17) is 19.7 Å². The van der Waals surface area contributed by atoms with Crippen LogP contribution in [0.1, 0.15) is 19.4 Å². The molecule has 0 aliphatic heterocycles. The molecule has 0 unspecified atom stereocenters. The van der Waals surface area contributed by atoms with Gasteiger partial charge in [0.15, 0.2) is 0 Å². The molecule has 0 amide bonds. The van der Waals surface area contributed by atoms with Gasteiger partial charge in [-0.1, -0.05) is 35.9 Å². The number of rotatable bonds is 5. The van der Waals surface area contributed by atoms with E-state index in [1.165, 1.54) is 5.56 Å². The maximum absolute atomic E-state index is 9.13. The standard InChI is InChI=1S/C7H8.C6H14O4/c1-7-5-3-2-4-6-7;1-3-9-6(8,5-7)10-4-2/h2-6H,1H3;7-8H,3-5H2,1-2H3. The van der Waals surface area contributed by atoms with Crippen molar-refractivity contribution in [2.24, 2.45) is 0 Å². The quantitative estimate of drug-likeness (QED) is 0.771. The van der Waals surface area contributed by atoms with Gasteiger partial charge in [0, 0.05) is 13.2 Å². The molecule has 1 aromatic rings. The zero-order chi connectivity index (χ0) is 13.1. The highest BCUT2D eigenvalue weighted by Crippen LogP contribution is 2.06. The smallest absolute Gasteiger partial charge is 0.305 e. The van der Waals surface area contributed by atoms with Gasteiger partial charge in [0.2, 0.25) is 0 Å².